The van der Waals surface area contributed by atoms with Crippen LogP contribution in [0, 0.1) is 0 Å². The number of fused-ring (bicyclic) bond motifs is 1. The van der Waals surface area contributed by atoms with E-state index in [1.807, 2.05) is 60.0 Å². The van der Waals surface area contributed by atoms with Gasteiger partial charge in [-0.3, -0.25) is 9.36 Å². The lowest BCUT2D eigenvalue weighted by Gasteiger charge is -2.06. The molecule has 0 spiro atoms. The predicted molar refractivity (Wildman–Crippen MR) is 114 cm³/mol. The van der Waals surface area contributed by atoms with E-state index in [4.69, 9.17) is 0 Å². The minimum atomic E-state index is -0.149. The van der Waals surface area contributed by atoms with Crippen LogP contribution < -0.4 is 11.0 Å². The fourth-order valence-electron chi connectivity index (χ4n) is 3.51. The quantitative estimate of drug-likeness (QED) is 0.533. The molecule has 29 heavy (non-hydrogen) atoms. The zero-order chi connectivity index (χ0) is 19.8. The first-order valence-electron chi connectivity index (χ1n) is 9.71. The van der Waals surface area contributed by atoms with Crippen LogP contribution in [0.2, 0.25) is 0 Å². The Morgan fingerprint density at radius 2 is 1.93 bits per heavy atom. The highest BCUT2D eigenvalue weighted by Crippen LogP contribution is 2.37. The molecule has 2 heterocycles. The van der Waals surface area contributed by atoms with Crippen LogP contribution in [0.3, 0.4) is 0 Å². The number of carbonyl (C=O) groups is 1. The van der Waals surface area contributed by atoms with Gasteiger partial charge in [0.25, 0.3) is 5.91 Å². The summed E-state index contributed by atoms with van der Waals surface area (Å²) in [7, 11) is 0. The number of rotatable bonds is 6. The molecule has 1 aliphatic rings. The van der Waals surface area contributed by atoms with E-state index in [1.54, 1.807) is 15.9 Å². The van der Waals surface area contributed by atoms with E-state index in [1.165, 1.54) is 4.68 Å². The molecule has 1 amide bonds. The molecule has 0 atom stereocenters. The van der Waals surface area contributed by atoms with Crippen LogP contribution in [0.25, 0.3) is 21.5 Å². The molecule has 1 fully saturated rings. The number of nitrogens with zero attached hydrogens (tertiary/aromatic N) is 3. The zero-order valence-corrected chi connectivity index (χ0v) is 16.6. The smallest absolute Gasteiger partial charge is 0.346 e. The van der Waals surface area contributed by atoms with Gasteiger partial charge in [-0.25, -0.2) is 9.48 Å². The van der Waals surface area contributed by atoms with E-state index in [9.17, 15) is 9.59 Å². The third kappa shape index (κ3) is 3.49. The van der Waals surface area contributed by atoms with Crippen LogP contribution in [-0.4, -0.2) is 26.8 Å². The summed E-state index contributed by atoms with van der Waals surface area (Å²) >= 11 is 1.58. The Hall–Kier alpha value is -3.19. The molecule has 0 saturated heterocycles. The normalized spacial score (nSPS) is 13.7. The summed E-state index contributed by atoms with van der Waals surface area (Å²) in [6, 6.07) is 17.8. The van der Waals surface area contributed by atoms with Gasteiger partial charge in [-0.15, -0.1) is 16.4 Å². The Bertz CT molecular complexity index is 1240. The maximum atomic E-state index is 12.8. The summed E-state index contributed by atoms with van der Waals surface area (Å²) < 4.78 is 3.27. The summed E-state index contributed by atoms with van der Waals surface area (Å²) in [5, 5.41) is 11.6. The second-order valence-electron chi connectivity index (χ2n) is 7.23. The van der Waals surface area contributed by atoms with Gasteiger partial charge in [-0.05, 0) is 47.2 Å². The Balaban J connectivity index is 1.30. The van der Waals surface area contributed by atoms with Gasteiger partial charge in [-0.2, -0.15) is 0 Å². The maximum Gasteiger partial charge on any atom is 0.346 e. The minimum absolute atomic E-state index is 0.101. The maximum absolute atomic E-state index is 12.8. The first kappa shape index (κ1) is 17.9. The van der Waals surface area contributed by atoms with Crippen LogP contribution in [-0.2, 0) is 6.54 Å². The fraction of sp³-hybridized carbons (Fsp3) is 0.227. The highest BCUT2D eigenvalue weighted by molar-refractivity contribution is 7.13. The van der Waals surface area contributed by atoms with Gasteiger partial charge in [0, 0.05) is 18.2 Å². The van der Waals surface area contributed by atoms with Crippen LogP contribution in [0.4, 0.5) is 0 Å². The highest BCUT2D eigenvalue weighted by atomic mass is 32.1. The van der Waals surface area contributed by atoms with Gasteiger partial charge in [0.15, 0.2) is 5.82 Å². The van der Waals surface area contributed by atoms with Gasteiger partial charge < -0.3 is 5.32 Å². The van der Waals surface area contributed by atoms with Crippen LogP contribution in [0.5, 0.6) is 0 Å². The Kier molecular flexibility index (Phi) is 4.52. The minimum Gasteiger partial charge on any atom is -0.350 e. The second kappa shape index (κ2) is 7.33. The van der Waals surface area contributed by atoms with Crippen LogP contribution >= 0.6 is 11.3 Å². The van der Waals surface area contributed by atoms with Crippen molar-refractivity contribution in [2.75, 3.05) is 6.54 Å². The molecule has 2 aromatic heterocycles. The standard InChI is InChI=1S/C22H20N4O2S/c27-21(17-8-7-15-4-1-2-5-16(15)14-17)23-11-12-25-22(28)26(18-9-10-18)20(24-25)19-6-3-13-29-19/h1-8,13-14,18H,9-12H2,(H,23,27). The SMILES string of the molecule is O=C(NCCn1nc(-c2cccs2)n(C2CC2)c1=O)c1ccc2ccccc2c1. The molecule has 7 heteroatoms. The van der Waals surface area contributed by atoms with Gasteiger partial charge in [0.2, 0.25) is 0 Å². The molecular weight excluding hydrogens is 384 g/mol. The average molecular weight is 404 g/mol. The van der Waals surface area contributed by atoms with Gasteiger partial charge in [0.05, 0.1) is 11.4 Å². The van der Waals surface area contributed by atoms with E-state index in [-0.39, 0.29) is 17.6 Å². The van der Waals surface area contributed by atoms with Crippen molar-refractivity contribution in [2.45, 2.75) is 25.4 Å². The summed E-state index contributed by atoms with van der Waals surface area (Å²) in [6.07, 6.45) is 2.03. The number of nitrogens with one attached hydrogen (secondary N) is 1. The molecule has 146 valence electrons. The van der Waals surface area contributed by atoms with Crippen molar-refractivity contribution < 1.29 is 4.79 Å². The van der Waals surface area contributed by atoms with E-state index < -0.39 is 0 Å². The second-order valence-corrected chi connectivity index (χ2v) is 8.17. The van der Waals surface area contributed by atoms with Crippen LogP contribution in [0.1, 0.15) is 29.2 Å². The Morgan fingerprint density at radius 1 is 1.10 bits per heavy atom. The summed E-state index contributed by atoms with van der Waals surface area (Å²) in [4.78, 5) is 26.3. The lowest BCUT2D eigenvalue weighted by atomic mass is 10.1. The molecule has 0 unspecified atom stereocenters. The van der Waals surface area contributed by atoms with Crippen molar-refractivity contribution in [3.8, 4) is 10.7 Å². The molecule has 1 aliphatic carbocycles. The van der Waals surface area contributed by atoms with Crippen molar-refractivity contribution in [1.29, 1.82) is 0 Å². The van der Waals surface area contributed by atoms with Crippen molar-refractivity contribution in [3.63, 3.8) is 0 Å². The number of thiophene rings is 1. The first-order chi connectivity index (χ1) is 14.2. The molecule has 4 aromatic rings. The summed E-state index contributed by atoms with van der Waals surface area (Å²) in [6.45, 7) is 0.688. The lowest BCUT2D eigenvalue weighted by molar-refractivity contribution is 0.0952. The monoisotopic (exact) mass is 404 g/mol. The molecule has 2 aromatic carbocycles. The molecule has 6 nitrogen and oxygen atoms in total. The van der Waals surface area contributed by atoms with Crippen LogP contribution in [0.15, 0.2) is 64.8 Å². The fourth-order valence-corrected chi connectivity index (χ4v) is 4.21. The third-order valence-corrected chi connectivity index (χ3v) is 6.01. The van der Waals surface area contributed by atoms with Crippen molar-refractivity contribution in [3.05, 3.63) is 76.0 Å². The lowest BCUT2D eigenvalue weighted by Crippen LogP contribution is -2.32. The summed E-state index contributed by atoms with van der Waals surface area (Å²) in [5.41, 5.74) is 0.509. The summed E-state index contributed by atoms with van der Waals surface area (Å²) in [5.74, 6) is 0.581. The third-order valence-electron chi connectivity index (χ3n) is 5.14. The molecule has 1 saturated carbocycles. The van der Waals surface area contributed by atoms with Gasteiger partial charge >= 0.3 is 5.69 Å². The number of carbonyl (C=O) groups excluding carboxylic acids is 1. The number of hydrogen-bond acceptors (Lipinski definition) is 4. The van der Waals surface area contributed by atoms with Gasteiger partial charge in [0.1, 0.15) is 0 Å². The van der Waals surface area contributed by atoms with Gasteiger partial charge in [-0.1, -0.05) is 36.4 Å². The molecule has 0 aliphatic heterocycles. The number of aromatic nitrogens is 3. The molecule has 0 radical (unpaired) electrons. The molecule has 0 bridgehead atoms. The Morgan fingerprint density at radius 3 is 2.69 bits per heavy atom. The number of hydrogen-bond donors (Lipinski definition) is 1. The van der Waals surface area contributed by atoms with E-state index in [0.29, 0.717) is 18.7 Å². The molecule has 1 N–H and O–H groups in total. The molecule has 5 rings (SSSR count). The largest absolute Gasteiger partial charge is 0.350 e. The Labute approximate surface area is 171 Å². The topological polar surface area (TPSA) is 68.9 Å². The van der Waals surface area contributed by atoms with E-state index in [2.05, 4.69) is 10.4 Å². The highest BCUT2D eigenvalue weighted by Gasteiger charge is 2.30. The number of benzene rings is 2. The molecular formula is C22H20N4O2S. The van der Waals surface area contributed by atoms with Crippen molar-refractivity contribution >= 4 is 28.0 Å². The average Bonchev–Trinajstić information content (AvgIpc) is 3.32. The first-order valence-corrected chi connectivity index (χ1v) is 10.6. The van der Waals surface area contributed by atoms with Crippen molar-refractivity contribution in [1.82, 2.24) is 19.7 Å². The van der Waals surface area contributed by atoms with Crippen molar-refractivity contribution in [2.24, 2.45) is 0 Å². The van der Waals surface area contributed by atoms with E-state index >= 15 is 0 Å². The van der Waals surface area contributed by atoms with E-state index in [0.717, 1.165) is 34.3 Å². The zero-order valence-electron chi connectivity index (χ0n) is 15.7. The predicted octanol–water partition coefficient (Wildman–Crippen LogP) is 3.69. The number of amides is 1.